The molecule has 1 aromatic rings. The summed E-state index contributed by atoms with van der Waals surface area (Å²) in [5.74, 6) is 0.489. The Labute approximate surface area is 181 Å². The predicted molar refractivity (Wildman–Crippen MR) is 112 cm³/mol. The minimum Gasteiger partial charge on any atom is -0.493 e. The third kappa shape index (κ3) is 2.71. The molecular formula is C24H27NO6. The Morgan fingerprint density at radius 3 is 2.77 bits per heavy atom. The van der Waals surface area contributed by atoms with Crippen LogP contribution >= 0.6 is 0 Å². The summed E-state index contributed by atoms with van der Waals surface area (Å²) in [6.45, 7) is 2.13. The Kier molecular flexibility index (Phi) is 4.53. The molecule has 1 fully saturated rings. The number of benzene rings is 1. The fourth-order valence-electron chi connectivity index (χ4n) is 6.04. The molecule has 2 aliphatic heterocycles. The zero-order chi connectivity index (χ0) is 21.9. The molecule has 0 aromatic heterocycles. The first-order valence-electron chi connectivity index (χ1n) is 10.7. The van der Waals surface area contributed by atoms with Crippen LogP contribution in [0.15, 0.2) is 35.6 Å². The van der Waals surface area contributed by atoms with Gasteiger partial charge in [-0.05, 0) is 30.9 Å². The van der Waals surface area contributed by atoms with Gasteiger partial charge in [0.15, 0.2) is 11.5 Å². The lowest BCUT2D eigenvalue weighted by Crippen LogP contribution is -2.57. The van der Waals surface area contributed by atoms with E-state index in [0.29, 0.717) is 24.3 Å². The van der Waals surface area contributed by atoms with Crippen molar-refractivity contribution in [2.24, 2.45) is 5.92 Å². The highest BCUT2D eigenvalue weighted by Crippen LogP contribution is 2.63. The number of ether oxygens (including phenoxy) is 4. The molecule has 4 atom stereocenters. The normalized spacial score (nSPS) is 31.7. The summed E-state index contributed by atoms with van der Waals surface area (Å²) in [6.07, 6.45) is 5.29. The molecule has 1 spiro atoms. The number of hydrogen-bond donors (Lipinski definition) is 0. The Hall–Kier alpha value is -2.96. The summed E-state index contributed by atoms with van der Waals surface area (Å²) >= 11 is 0. The van der Waals surface area contributed by atoms with Crippen molar-refractivity contribution >= 4 is 11.9 Å². The minimum atomic E-state index is -0.487. The maximum atomic E-state index is 12.8. The number of methoxy groups -OCH3 is 2. The second-order valence-corrected chi connectivity index (χ2v) is 8.75. The molecule has 164 valence electrons. The Bertz CT molecular complexity index is 1030. The topological polar surface area (TPSA) is 74.3 Å². The molecule has 0 amide bonds. The maximum absolute atomic E-state index is 12.8. The van der Waals surface area contributed by atoms with Gasteiger partial charge in [-0.15, -0.1) is 0 Å². The van der Waals surface area contributed by atoms with E-state index >= 15 is 0 Å². The van der Waals surface area contributed by atoms with Crippen LogP contribution < -0.4 is 9.47 Å². The molecule has 0 radical (unpaired) electrons. The molecule has 0 unspecified atom stereocenters. The van der Waals surface area contributed by atoms with Gasteiger partial charge >= 0.3 is 11.9 Å². The zero-order valence-electron chi connectivity index (χ0n) is 18.3. The molecule has 2 bridgehead atoms. The average Bonchev–Trinajstić information content (AvgIpc) is 3.11. The second-order valence-electron chi connectivity index (χ2n) is 8.75. The van der Waals surface area contributed by atoms with Gasteiger partial charge < -0.3 is 23.8 Å². The van der Waals surface area contributed by atoms with Gasteiger partial charge in [-0.3, -0.25) is 4.79 Å². The quantitative estimate of drug-likeness (QED) is 0.544. The van der Waals surface area contributed by atoms with Crippen LogP contribution in [-0.2, 0) is 30.9 Å². The maximum Gasteiger partial charge on any atom is 0.335 e. The third-order valence-electron chi connectivity index (χ3n) is 7.17. The molecule has 4 aliphatic rings. The molecule has 31 heavy (non-hydrogen) atoms. The lowest BCUT2D eigenvalue weighted by Gasteiger charge is -2.51. The van der Waals surface area contributed by atoms with Crippen molar-refractivity contribution in [3.05, 3.63) is 46.7 Å². The van der Waals surface area contributed by atoms with E-state index in [2.05, 4.69) is 12.1 Å². The van der Waals surface area contributed by atoms with Crippen LogP contribution in [-0.4, -0.2) is 56.9 Å². The summed E-state index contributed by atoms with van der Waals surface area (Å²) in [7, 11) is 5.01. The van der Waals surface area contributed by atoms with Crippen LogP contribution in [0.2, 0.25) is 0 Å². The Balaban J connectivity index is 1.77. The van der Waals surface area contributed by atoms with E-state index in [4.69, 9.17) is 18.9 Å². The summed E-state index contributed by atoms with van der Waals surface area (Å²) in [5.41, 5.74) is 3.59. The van der Waals surface area contributed by atoms with E-state index < -0.39 is 11.5 Å². The van der Waals surface area contributed by atoms with Crippen LogP contribution in [0.1, 0.15) is 30.9 Å². The van der Waals surface area contributed by atoms with Crippen molar-refractivity contribution < 1.29 is 28.5 Å². The van der Waals surface area contributed by atoms with Crippen LogP contribution in [0, 0.1) is 5.92 Å². The lowest BCUT2D eigenvalue weighted by molar-refractivity contribution is -0.155. The minimum absolute atomic E-state index is 0.218. The molecule has 0 saturated heterocycles. The van der Waals surface area contributed by atoms with Gasteiger partial charge in [-0.1, -0.05) is 17.7 Å². The van der Waals surface area contributed by atoms with E-state index in [0.717, 1.165) is 24.2 Å². The highest BCUT2D eigenvalue weighted by atomic mass is 16.6. The van der Waals surface area contributed by atoms with Crippen LogP contribution in [0.3, 0.4) is 0 Å². The zero-order valence-corrected chi connectivity index (χ0v) is 18.3. The van der Waals surface area contributed by atoms with Gasteiger partial charge in [0.25, 0.3) is 0 Å². The smallest absolute Gasteiger partial charge is 0.335 e. The molecule has 5 rings (SSSR count). The monoisotopic (exact) mass is 425 g/mol. The predicted octanol–water partition coefficient (Wildman–Crippen LogP) is 2.52. The first-order valence-corrected chi connectivity index (χ1v) is 10.7. The molecule has 1 saturated carbocycles. The Morgan fingerprint density at radius 1 is 1.26 bits per heavy atom. The van der Waals surface area contributed by atoms with E-state index in [1.807, 2.05) is 24.2 Å². The van der Waals surface area contributed by atoms with Gasteiger partial charge in [-0.25, -0.2) is 4.79 Å². The number of hydrogen-bond acceptors (Lipinski definition) is 7. The van der Waals surface area contributed by atoms with Gasteiger partial charge in [-0.2, -0.15) is 0 Å². The van der Waals surface area contributed by atoms with Crippen molar-refractivity contribution in [2.75, 3.05) is 27.8 Å². The van der Waals surface area contributed by atoms with Crippen LogP contribution in [0.4, 0.5) is 0 Å². The van der Waals surface area contributed by atoms with E-state index in [1.54, 1.807) is 7.11 Å². The van der Waals surface area contributed by atoms with Gasteiger partial charge in [0.2, 0.25) is 0 Å². The number of carbonyl (C=O) groups excluding carboxylic acids is 2. The molecule has 2 heterocycles. The highest BCUT2D eigenvalue weighted by molar-refractivity contribution is 5.90. The first-order chi connectivity index (χ1) is 14.9. The van der Waals surface area contributed by atoms with Crippen molar-refractivity contribution in [3.63, 3.8) is 0 Å². The van der Waals surface area contributed by atoms with Crippen LogP contribution in [0.5, 0.6) is 11.5 Å². The number of allylic oxidation sites excluding steroid dienone is 1. The number of esters is 2. The van der Waals surface area contributed by atoms with Gasteiger partial charge in [0, 0.05) is 38.2 Å². The molecular weight excluding hydrogens is 398 g/mol. The summed E-state index contributed by atoms with van der Waals surface area (Å²) in [4.78, 5) is 26.9. The number of nitrogens with zero attached hydrogens (tertiary/aromatic N) is 1. The summed E-state index contributed by atoms with van der Waals surface area (Å²) in [6, 6.07) is 4.03. The van der Waals surface area contributed by atoms with Crippen molar-refractivity contribution in [3.8, 4) is 11.5 Å². The SMILES string of the molecule is COC(=O)/C1=C/N(C)CC[C@]23C4=CCc5ccc(OC)c(c52)O[C@H]3[C@@H](OC(C)=O)C[C@@H]41. The van der Waals surface area contributed by atoms with Crippen molar-refractivity contribution in [1.29, 1.82) is 0 Å². The molecule has 0 N–H and O–H groups in total. The molecule has 1 aromatic carbocycles. The number of rotatable bonds is 3. The Morgan fingerprint density at radius 2 is 2.06 bits per heavy atom. The third-order valence-corrected chi connectivity index (χ3v) is 7.17. The first kappa shape index (κ1) is 20.0. The van der Waals surface area contributed by atoms with Crippen molar-refractivity contribution in [1.82, 2.24) is 4.90 Å². The van der Waals surface area contributed by atoms with E-state index in [9.17, 15) is 9.59 Å². The van der Waals surface area contributed by atoms with Crippen LogP contribution in [0.25, 0.3) is 0 Å². The number of carbonyl (C=O) groups is 2. The fraction of sp³-hybridized carbons (Fsp3) is 0.500. The summed E-state index contributed by atoms with van der Waals surface area (Å²) in [5, 5.41) is 0. The highest BCUT2D eigenvalue weighted by Gasteiger charge is 2.63. The second kappa shape index (κ2) is 7.04. The van der Waals surface area contributed by atoms with Gasteiger partial charge in [0.1, 0.15) is 12.2 Å². The summed E-state index contributed by atoms with van der Waals surface area (Å²) < 4.78 is 23.2. The van der Waals surface area contributed by atoms with E-state index in [-0.39, 0.29) is 24.0 Å². The largest absolute Gasteiger partial charge is 0.493 e. The van der Waals surface area contributed by atoms with E-state index in [1.165, 1.54) is 25.2 Å². The fourth-order valence-corrected chi connectivity index (χ4v) is 6.04. The van der Waals surface area contributed by atoms with Gasteiger partial charge in [0.05, 0.1) is 25.2 Å². The lowest BCUT2D eigenvalue weighted by atomic mass is 9.54. The molecule has 7 nitrogen and oxygen atoms in total. The average molecular weight is 425 g/mol. The molecule has 2 aliphatic carbocycles. The molecule has 7 heteroatoms. The van der Waals surface area contributed by atoms with Crippen molar-refractivity contribution in [2.45, 2.75) is 43.8 Å². The standard InChI is InChI=1S/C24H27NO6/c1-13(26)30-19-11-15-16(23(27)29-4)12-25(2)10-9-24-17(15)7-5-14-6-8-18(28-3)21(20(14)24)31-22(19)24/h6-8,12,15,19,22H,5,9-11H2,1-4H3/b16-12+/t15-,19+,22+,24+/m1/s1.